The minimum atomic E-state index is -1.24. The van der Waals surface area contributed by atoms with Crippen LogP contribution < -0.4 is 5.43 Å². The first-order valence-corrected chi connectivity index (χ1v) is 13.3. The number of methoxy groups -OCH3 is 2. The molecule has 38 heavy (non-hydrogen) atoms. The Hall–Kier alpha value is -2.97. The summed E-state index contributed by atoms with van der Waals surface area (Å²) >= 11 is 0. The molecule has 0 amide bonds. The maximum atomic E-state index is 13.1. The molecule has 0 radical (unpaired) electrons. The molecule has 210 valence electrons. The van der Waals surface area contributed by atoms with Crippen LogP contribution in [0.15, 0.2) is 51.6 Å². The van der Waals surface area contributed by atoms with Crippen molar-refractivity contribution in [2.75, 3.05) is 41.1 Å². The number of aliphatic imine (C=N–C) groups is 1. The molecule has 2 atom stereocenters. The molecule has 1 aliphatic rings. The topological polar surface area (TPSA) is 99.4 Å². The summed E-state index contributed by atoms with van der Waals surface area (Å²) in [4.78, 5) is 29.7. The molecular formula is C30H44N2O6. The van der Waals surface area contributed by atoms with Crippen LogP contribution >= 0.6 is 0 Å². The lowest BCUT2D eigenvalue weighted by Crippen LogP contribution is -2.34. The molecule has 1 heterocycles. The van der Waals surface area contributed by atoms with E-state index in [4.69, 9.17) is 14.2 Å². The second-order valence-electron chi connectivity index (χ2n) is 10.3. The van der Waals surface area contributed by atoms with Crippen LogP contribution in [0, 0.1) is 11.3 Å². The standard InChI is InChI=1S/C30H44N2O6/c1-9-20(3)27(21-13-11-14-25(28(21)31-6)38-16-12-15-36-7)23-17-24(33)22(29(34)35)18-32(23)26(10-2)30(4,5)19-37-8/h11,13-14,17-18,20,26H,9-10,12,15-16,19H2,1-8H3,(H,34,35)/b27-21+,31-28+. The Morgan fingerprint density at radius 1 is 1.16 bits per heavy atom. The van der Waals surface area contributed by atoms with E-state index >= 15 is 0 Å². The number of aromatic carboxylic acids is 1. The third-order valence-corrected chi connectivity index (χ3v) is 7.10. The quantitative estimate of drug-likeness (QED) is 0.318. The van der Waals surface area contributed by atoms with Crippen molar-refractivity contribution in [3.63, 3.8) is 0 Å². The zero-order chi connectivity index (χ0) is 28.5. The smallest absolute Gasteiger partial charge is 0.341 e. The van der Waals surface area contributed by atoms with Gasteiger partial charge in [-0.2, -0.15) is 0 Å². The predicted molar refractivity (Wildman–Crippen MR) is 152 cm³/mol. The van der Waals surface area contributed by atoms with Gasteiger partial charge < -0.3 is 23.9 Å². The highest BCUT2D eigenvalue weighted by Crippen LogP contribution is 2.39. The van der Waals surface area contributed by atoms with Crippen LogP contribution in [0.2, 0.25) is 0 Å². The Bertz CT molecular complexity index is 1160. The molecule has 1 aromatic heterocycles. The number of carboxylic acids is 1. The molecule has 0 aromatic carbocycles. The summed E-state index contributed by atoms with van der Waals surface area (Å²) in [7, 11) is 5.05. The molecule has 1 N–H and O–H groups in total. The van der Waals surface area contributed by atoms with Gasteiger partial charge in [-0.05, 0) is 30.4 Å². The van der Waals surface area contributed by atoms with Crippen LogP contribution in [0.3, 0.4) is 0 Å². The van der Waals surface area contributed by atoms with E-state index in [1.165, 1.54) is 12.3 Å². The number of nitrogens with zero attached hydrogens (tertiary/aromatic N) is 2. The Morgan fingerprint density at radius 2 is 1.87 bits per heavy atom. The SMILES string of the molecule is CCC(C)/C(=C1/C=CC=C(OCCCOC)/C1=N/C)c1cc(=O)c(C(=O)O)cn1C(CC)C(C)(C)COC. The van der Waals surface area contributed by atoms with Crippen molar-refractivity contribution in [3.05, 3.63) is 63.3 Å². The van der Waals surface area contributed by atoms with Crippen molar-refractivity contribution >= 4 is 17.3 Å². The normalized spacial score (nSPS) is 17.8. The van der Waals surface area contributed by atoms with E-state index < -0.39 is 11.4 Å². The highest BCUT2D eigenvalue weighted by atomic mass is 16.5. The summed E-state index contributed by atoms with van der Waals surface area (Å²) in [5.41, 5.74) is 2.06. The molecule has 2 unspecified atom stereocenters. The number of carbonyl (C=O) groups is 1. The Kier molecular flexibility index (Phi) is 11.7. The third kappa shape index (κ3) is 7.11. The summed E-state index contributed by atoms with van der Waals surface area (Å²) in [6.45, 7) is 12.0. The maximum Gasteiger partial charge on any atom is 0.341 e. The molecule has 1 aromatic rings. The molecule has 0 aliphatic heterocycles. The summed E-state index contributed by atoms with van der Waals surface area (Å²) in [5, 5.41) is 9.81. The molecule has 0 fully saturated rings. The van der Waals surface area contributed by atoms with Crippen LogP contribution in [-0.4, -0.2) is 62.4 Å². The Morgan fingerprint density at radius 3 is 2.42 bits per heavy atom. The molecule has 8 nitrogen and oxygen atoms in total. The lowest BCUT2D eigenvalue weighted by molar-refractivity contribution is 0.0602. The fourth-order valence-electron chi connectivity index (χ4n) is 5.11. The fourth-order valence-corrected chi connectivity index (χ4v) is 5.11. The predicted octanol–water partition coefficient (Wildman–Crippen LogP) is 5.55. The number of ether oxygens (including phenoxy) is 3. The number of hydrogen-bond donors (Lipinski definition) is 1. The van der Waals surface area contributed by atoms with Gasteiger partial charge in [0, 0.05) is 69.3 Å². The first-order valence-electron chi connectivity index (χ1n) is 13.3. The zero-order valence-electron chi connectivity index (χ0n) is 24.2. The van der Waals surface area contributed by atoms with Gasteiger partial charge in [-0.15, -0.1) is 0 Å². The van der Waals surface area contributed by atoms with Gasteiger partial charge in [0.2, 0.25) is 0 Å². The number of allylic oxidation sites excluding steroid dienone is 5. The summed E-state index contributed by atoms with van der Waals surface area (Å²) in [5.74, 6) is -0.538. The Balaban J connectivity index is 2.87. The molecule has 0 saturated heterocycles. The van der Waals surface area contributed by atoms with Gasteiger partial charge >= 0.3 is 5.97 Å². The molecular weight excluding hydrogens is 484 g/mol. The molecule has 8 heteroatoms. The van der Waals surface area contributed by atoms with Gasteiger partial charge in [-0.1, -0.05) is 46.8 Å². The van der Waals surface area contributed by atoms with Crippen LogP contribution in [0.25, 0.3) is 5.57 Å². The summed E-state index contributed by atoms with van der Waals surface area (Å²) < 4.78 is 18.7. The van der Waals surface area contributed by atoms with E-state index in [-0.39, 0.29) is 22.9 Å². The van der Waals surface area contributed by atoms with Crippen molar-refractivity contribution in [3.8, 4) is 0 Å². The van der Waals surface area contributed by atoms with Crippen molar-refractivity contribution in [2.24, 2.45) is 16.3 Å². The van der Waals surface area contributed by atoms with E-state index in [1.807, 2.05) is 22.8 Å². The van der Waals surface area contributed by atoms with E-state index in [0.29, 0.717) is 43.4 Å². The van der Waals surface area contributed by atoms with Crippen molar-refractivity contribution in [2.45, 2.75) is 59.9 Å². The van der Waals surface area contributed by atoms with E-state index in [1.54, 1.807) is 21.3 Å². The number of rotatable bonds is 14. The minimum absolute atomic E-state index is 0.0450. The second-order valence-corrected chi connectivity index (χ2v) is 10.3. The molecule has 0 bridgehead atoms. The monoisotopic (exact) mass is 528 g/mol. The largest absolute Gasteiger partial charge is 0.491 e. The first-order chi connectivity index (χ1) is 18.1. The van der Waals surface area contributed by atoms with Gasteiger partial charge in [0.05, 0.1) is 13.2 Å². The van der Waals surface area contributed by atoms with E-state index in [0.717, 1.165) is 24.0 Å². The zero-order valence-corrected chi connectivity index (χ0v) is 24.2. The van der Waals surface area contributed by atoms with Gasteiger partial charge in [-0.25, -0.2) is 4.79 Å². The van der Waals surface area contributed by atoms with Crippen LogP contribution in [0.5, 0.6) is 0 Å². The van der Waals surface area contributed by atoms with Crippen molar-refractivity contribution < 1.29 is 24.1 Å². The first kappa shape index (κ1) is 31.2. The molecule has 1 aliphatic carbocycles. The lowest BCUT2D eigenvalue weighted by Gasteiger charge is -2.38. The number of pyridine rings is 1. The highest BCUT2D eigenvalue weighted by molar-refractivity contribution is 6.18. The molecule has 0 spiro atoms. The van der Waals surface area contributed by atoms with Crippen LogP contribution in [0.1, 0.15) is 76.0 Å². The van der Waals surface area contributed by atoms with E-state index in [9.17, 15) is 14.7 Å². The molecule has 0 saturated carbocycles. The fraction of sp³-hybridized carbons (Fsp3) is 0.567. The Labute approximate surface area is 226 Å². The van der Waals surface area contributed by atoms with Crippen molar-refractivity contribution in [1.82, 2.24) is 4.57 Å². The number of aromatic nitrogens is 1. The average molecular weight is 529 g/mol. The molecule has 2 rings (SSSR count). The van der Waals surface area contributed by atoms with Crippen LogP contribution in [-0.2, 0) is 14.2 Å². The highest BCUT2D eigenvalue weighted by Gasteiger charge is 2.33. The minimum Gasteiger partial charge on any atom is -0.491 e. The maximum absolute atomic E-state index is 13.1. The summed E-state index contributed by atoms with van der Waals surface area (Å²) in [6, 6.07) is 1.34. The van der Waals surface area contributed by atoms with Gasteiger partial charge in [0.1, 0.15) is 17.0 Å². The van der Waals surface area contributed by atoms with Crippen molar-refractivity contribution in [1.29, 1.82) is 0 Å². The van der Waals surface area contributed by atoms with Gasteiger partial charge in [0.15, 0.2) is 5.43 Å². The third-order valence-electron chi connectivity index (χ3n) is 7.10. The van der Waals surface area contributed by atoms with Gasteiger partial charge in [0.25, 0.3) is 0 Å². The van der Waals surface area contributed by atoms with E-state index in [2.05, 4.69) is 39.6 Å². The average Bonchev–Trinajstić information content (AvgIpc) is 2.87. The number of hydrogen-bond acceptors (Lipinski definition) is 6. The van der Waals surface area contributed by atoms with Gasteiger partial charge in [-0.3, -0.25) is 9.79 Å². The second kappa shape index (κ2) is 14.3. The summed E-state index contributed by atoms with van der Waals surface area (Å²) in [6.07, 6.45) is 9.59. The number of carboxylic acid groups (broad SMARTS) is 1. The lowest BCUT2D eigenvalue weighted by atomic mass is 9.81. The van der Waals surface area contributed by atoms with Crippen LogP contribution in [0.4, 0.5) is 0 Å².